The van der Waals surface area contributed by atoms with Gasteiger partial charge >= 0.3 is 5.13 Å². The Morgan fingerprint density at radius 2 is 1.89 bits per heavy atom. The van der Waals surface area contributed by atoms with Crippen LogP contribution in [0.2, 0.25) is 0 Å². The van der Waals surface area contributed by atoms with Crippen LogP contribution in [0.1, 0.15) is 26.7 Å². The number of carbonyl (C=O) groups excluding carboxylic acids is 1. The van der Waals surface area contributed by atoms with Gasteiger partial charge in [-0.05, 0) is 66.5 Å². The summed E-state index contributed by atoms with van der Waals surface area (Å²) in [5.74, 6) is 0.385. The van der Waals surface area contributed by atoms with Gasteiger partial charge in [-0.3, -0.25) is 4.79 Å². The van der Waals surface area contributed by atoms with Gasteiger partial charge in [-0.2, -0.15) is 0 Å². The first kappa shape index (κ1) is 25.4. The normalized spacial score (nSPS) is 13.3. The third kappa shape index (κ3) is 5.91. The van der Waals surface area contributed by atoms with Crippen LogP contribution in [0.25, 0.3) is 0 Å². The van der Waals surface area contributed by atoms with E-state index in [4.69, 9.17) is 9.84 Å². The minimum atomic E-state index is -0.198. The number of benzene rings is 2. The molecule has 3 aromatic rings. The van der Waals surface area contributed by atoms with E-state index in [0.717, 1.165) is 29.6 Å². The summed E-state index contributed by atoms with van der Waals surface area (Å²) < 4.78 is 7.49. The van der Waals surface area contributed by atoms with E-state index in [9.17, 15) is 4.79 Å². The topological polar surface area (TPSA) is 98.3 Å². The number of hydrogen-bond acceptors (Lipinski definition) is 9. The Bertz CT molecular complexity index is 1230. The van der Waals surface area contributed by atoms with Crippen molar-refractivity contribution in [2.45, 2.75) is 33.2 Å². The van der Waals surface area contributed by atoms with Crippen LogP contribution < -0.4 is 29.9 Å². The Labute approximate surface area is 215 Å². The van der Waals surface area contributed by atoms with Crippen LogP contribution >= 0.6 is 11.3 Å². The summed E-state index contributed by atoms with van der Waals surface area (Å²) in [4.78, 5) is 16.3. The molecule has 0 saturated carbocycles. The molecule has 10 nitrogen and oxygen atoms in total. The molecule has 0 spiro atoms. The van der Waals surface area contributed by atoms with E-state index in [2.05, 4.69) is 25.8 Å². The van der Waals surface area contributed by atoms with Crippen LogP contribution in [0.3, 0.4) is 0 Å². The predicted octanol–water partition coefficient (Wildman–Crippen LogP) is 5.24. The molecule has 1 fully saturated rings. The summed E-state index contributed by atoms with van der Waals surface area (Å²) in [5, 5.41) is 21.6. The lowest BCUT2D eigenvalue weighted by Gasteiger charge is -2.16. The fourth-order valence-electron chi connectivity index (χ4n) is 3.92. The van der Waals surface area contributed by atoms with Crippen molar-refractivity contribution in [2.24, 2.45) is 10.2 Å². The number of azo groups is 1. The Morgan fingerprint density at radius 1 is 1.17 bits per heavy atom. The monoisotopic (exact) mass is 509 g/mol. The first-order chi connectivity index (χ1) is 17.4. The minimum Gasteiger partial charge on any atom is -0.494 e. The molecule has 2 aromatic carbocycles. The Kier molecular flexibility index (Phi) is 7.99. The van der Waals surface area contributed by atoms with E-state index in [-0.39, 0.29) is 5.91 Å². The summed E-state index contributed by atoms with van der Waals surface area (Å²) in [6, 6.07) is 11.6. The molecule has 2 N–H and O–H groups in total. The number of ether oxygens (including phenoxy) is 1. The summed E-state index contributed by atoms with van der Waals surface area (Å²) >= 11 is 1.52. The molecule has 1 saturated heterocycles. The van der Waals surface area contributed by atoms with Crippen molar-refractivity contribution < 1.29 is 14.2 Å². The summed E-state index contributed by atoms with van der Waals surface area (Å²) in [5.41, 5.74) is 3.73. The van der Waals surface area contributed by atoms with Crippen molar-refractivity contribution in [3.8, 4) is 5.75 Å². The van der Waals surface area contributed by atoms with Crippen LogP contribution in [-0.2, 0) is 11.3 Å². The summed E-state index contributed by atoms with van der Waals surface area (Å²) in [6.07, 6.45) is 2.37. The van der Waals surface area contributed by atoms with Crippen LogP contribution in [0.5, 0.6) is 5.75 Å². The van der Waals surface area contributed by atoms with Gasteiger partial charge in [-0.1, -0.05) is 5.10 Å². The quantitative estimate of drug-likeness (QED) is 0.302. The number of nitrogens with zero attached hydrogens (tertiary/aromatic N) is 6. The second kappa shape index (κ2) is 11.3. The van der Waals surface area contributed by atoms with Crippen molar-refractivity contribution in [3.05, 3.63) is 36.4 Å². The van der Waals surface area contributed by atoms with E-state index in [0.29, 0.717) is 34.5 Å². The first-order valence-corrected chi connectivity index (χ1v) is 12.8. The number of amides is 1. The van der Waals surface area contributed by atoms with Gasteiger partial charge in [0.25, 0.3) is 0 Å². The number of methoxy groups -OCH3 is 1. The number of nitrogens with one attached hydrogen (secondary N) is 2. The number of aromatic nitrogens is 2. The van der Waals surface area contributed by atoms with Gasteiger partial charge in [-0.25, -0.2) is 0 Å². The zero-order valence-corrected chi connectivity index (χ0v) is 22.2. The third-order valence-corrected chi connectivity index (χ3v) is 6.82. The number of aryl methyl sites for hydroxylation is 1. The number of carbonyl (C=O) groups is 1. The standard InChI is InChI=1S/C25H32N8O2S/c1-6-33-24(36-25(30-33)32-13-7-8-14-32)29-28-21-16-23(35-5)22(15-20(21)26-17(2)34)27-18-9-11-19(12-10-18)31(3)4/h9-12,15-16H,6-8,13-14H2,1-5H3,(H,26,27,34)/p+1. The molecule has 0 radical (unpaired) electrons. The van der Waals surface area contributed by atoms with Crippen LogP contribution in [-0.4, -0.2) is 45.3 Å². The highest BCUT2D eigenvalue weighted by molar-refractivity contribution is 7.18. The molecule has 11 heteroatoms. The van der Waals surface area contributed by atoms with E-state index < -0.39 is 0 Å². The molecule has 1 aliphatic heterocycles. The van der Waals surface area contributed by atoms with Gasteiger partial charge in [0, 0.05) is 51.5 Å². The number of anilines is 5. The van der Waals surface area contributed by atoms with Gasteiger partial charge in [0.15, 0.2) is 0 Å². The van der Waals surface area contributed by atoms with Crippen molar-refractivity contribution in [2.75, 3.05) is 54.7 Å². The number of rotatable bonds is 9. The lowest BCUT2D eigenvalue weighted by atomic mass is 10.2. The molecule has 190 valence electrons. The molecule has 2 heterocycles. The van der Waals surface area contributed by atoms with E-state index in [1.165, 1.54) is 31.1 Å². The fraction of sp³-hybridized carbons (Fsp3) is 0.400. The predicted molar refractivity (Wildman–Crippen MR) is 145 cm³/mol. The molecule has 0 bridgehead atoms. The van der Waals surface area contributed by atoms with Gasteiger partial charge in [0.2, 0.25) is 11.0 Å². The van der Waals surface area contributed by atoms with Crippen molar-refractivity contribution >= 4 is 55.9 Å². The van der Waals surface area contributed by atoms with Gasteiger partial charge in [0.1, 0.15) is 18.0 Å². The molecular weight excluding hydrogens is 476 g/mol. The van der Waals surface area contributed by atoms with Gasteiger partial charge < -0.3 is 25.2 Å². The van der Waals surface area contributed by atoms with Crippen molar-refractivity contribution in [1.82, 2.24) is 5.10 Å². The second-order valence-corrected chi connectivity index (χ2v) is 9.63. The van der Waals surface area contributed by atoms with Crippen LogP contribution in [0.4, 0.5) is 38.7 Å². The first-order valence-electron chi connectivity index (χ1n) is 12.0. The molecule has 1 aromatic heterocycles. The molecule has 0 atom stereocenters. The maximum absolute atomic E-state index is 12.0. The van der Waals surface area contributed by atoms with E-state index >= 15 is 0 Å². The lowest BCUT2D eigenvalue weighted by Crippen LogP contribution is -2.35. The molecule has 4 rings (SSSR count). The minimum absolute atomic E-state index is 0.198. The molecule has 0 aliphatic carbocycles. The highest BCUT2D eigenvalue weighted by Crippen LogP contribution is 2.39. The maximum Gasteiger partial charge on any atom is 0.432 e. The Balaban J connectivity index is 1.65. The number of hydrogen-bond donors (Lipinski definition) is 2. The zero-order chi connectivity index (χ0) is 25.7. The molecular formula is C25H33N8O2S+. The highest BCUT2D eigenvalue weighted by Gasteiger charge is 2.24. The largest absolute Gasteiger partial charge is 0.494 e. The van der Waals surface area contributed by atoms with E-state index in [1.54, 1.807) is 13.2 Å². The average Bonchev–Trinajstić information content (AvgIpc) is 3.53. The average molecular weight is 510 g/mol. The smallest absolute Gasteiger partial charge is 0.432 e. The molecule has 1 aliphatic rings. The molecule has 1 amide bonds. The van der Waals surface area contributed by atoms with Gasteiger partial charge in [0.05, 0.1) is 23.6 Å². The lowest BCUT2D eigenvalue weighted by molar-refractivity contribution is -0.733. The van der Waals surface area contributed by atoms with E-state index in [1.807, 2.05) is 60.9 Å². The maximum atomic E-state index is 12.0. The fourth-order valence-corrected chi connectivity index (χ4v) is 4.89. The molecule has 36 heavy (non-hydrogen) atoms. The highest BCUT2D eigenvalue weighted by atomic mass is 32.1. The van der Waals surface area contributed by atoms with Crippen molar-refractivity contribution in [1.29, 1.82) is 0 Å². The summed E-state index contributed by atoms with van der Waals surface area (Å²) in [6.45, 7) is 6.22. The van der Waals surface area contributed by atoms with Crippen molar-refractivity contribution in [3.63, 3.8) is 0 Å². The van der Waals surface area contributed by atoms with Crippen LogP contribution in [0.15, 0.2) is 46.6 Å². The van der Waals surface area contributed by atoms with Crippen LogP contribution in [0, 0.1) is 0 Å². The second-order valence-electron chi connectivity index (χ2n) is 8.69. The summed E-state index contributed by atoms with van der Waals surface area (Å²) in [7, 11) is 5.60. The SMILES string of the molecule is CC[n+]1nc(N2CCCC2)sc1N=Nc1cc(OC)c(Nc2ccc(N(C)C)cc2)cc1NC(C)=O. The Hall–Kier alpha value is -3.73. The third-order valence-electron chi connectivity index (χ3n) is 5.82. The molecule has 0 unspecified atom stereocenters. The Morgan fingerprint density at radius 3 is 2.50 bits per heavy atom. The zero-order valence-electron chi connectivity index (χ0n) is 21.4. The van der Waals surface area contributed by atoms with Gasteiger partial charge in [-0.15, -0.1) is 4.68 Å².